The molecule has 1 saturated heterocycles. The number of amides is 2. The molecule has 0 bridgehead atoms. The Morgan fingerprint density at radius 1 is 1.07 bits per heavy atom. The summed E-state index contributed by atoms with van der Waals surface area (Å²) >= 11 is 0. The minimum absolute atomic E-state index is 0.00683. The Morgan fingerprint density at radius 2 is 1.71 bits per heavy atom. The van der Waals surface area contributed by atoms with Gasteiger partial charge in [0.1, 0.15) is 5.82 Å². The molecule has 0 N–H and O–H groups in total. The molecule has 0 radical (unpaired) electrons. The number of aromatic nitrogens is 1. The summed E-state index contributed by atoms with van der Waals surface area (Å²) in [7, 11) is 0. The second kappa shape index (κ2) is 9.75. The zero-order chi connectivity index (χ0) is 20.7. The fraction of sp³-hybridized carbons (Fsp3) is 0.632. The van der Waals surface area contributed by atoms with Gasteiger partial charge in [0, 0.05) is 58.3 Å². The van der Waals surface area contributed by atoms with Crippen molar-refractivity contribution in [3.63, 3.8) is 0 Å². The first-order chi connectivity index (χ1) is 13.3. The molecule has 0 unspecified atom stereocenters. The normalized spacial score (nSPS) is 14.9. The highest BCUT2D eigenvalue weighted by molar-refractivity contribution is 5.79. The molecule has 2 amide bonds. The van der Waals surface area contributed by atoms with E-state index in [1.807, 2.05) is 18.7 Å². The molecule has 2 rings (SSSR count). The van der Waals surface area contributed by atoms with Gasteiger partial charge >= 0.3 is 6.18 Å². The second-order valence-corrected chi connectivity index (χ2v) is 6.69. The first-order valence-corrected chi connectivity index (χ1v) is 9.60. The quantitative estimate of drug-likeness (QED) is 0.706. The monoisotopic (exact) mass is 400 g/mol. The molecule has 1 fully saturated rings. The number of rotatable bonds is 7. The minimum Gasteiger partial charge on any atom is -0.353 e. The summed E-state index contributed by atoms with van der Waals surface area (Å²) in [6.45, 7) is 7.21. The molecule has 1 aliphatic heterocycles. The Kier molecular flexibility index (Phi) is 7.65. The van der Waals surface area contributed by atoms with Crippen LogP contribution in [0.1, 0.15) is 38.7 Å². The van der Waals surface area contributed by atoms with Crippen LogP contribution in [-0.4, -0.2) is 65.9 Å². The lowest BCUT2D eigenvalue weighted by Crippen LogP contribution is -2.49. The Bertz CT molecular complexity index is 652. The number of carbonyl (C=O) groups excluding carboxylic acids is 2. The third kappa shape index (κ3) is 5.84. The number of pyridine rings is 1. The van der Waals surface area contributed by atoms with Crippen LogP contribution in [0.15, 0.2) is 18.3 Å². The van der Waals surface area contributed by atoms with E-state index in [1.54, 1.807) is 9.80 Å². The van der Waals surface area contributed by atoms with Crippen LogP contribution < -0.4 is 4.90 Å². The van der Waals surface area contributed by atoms with Gasteiger partial charge in [0.15, 0.2) is 0 Å². The number of halogens is 3. The number of nitrogens with zero attached hydrogens (tertiary/aromatic N) is 4. The van der Waals surface area contributed by atoms with E-state index in [9.17, 15) is 22.8 Å². The van der Waals surface area contributed by atoms with E-state index in [0.29, 0.717) is 64.3 Å². The number of hydrogen-bond donors (Lipinski definition) is 0. The van der Waals surface area contributed by atoms with Crippen LogP contribution >= 0.6 is 0 Å². The maximum absolute atomic E-state index is 12.6. The lowest BCUT2D eigenvalue weighted by molar-refractivity contribution is -0.138. The second-order valence-electron chi connectivity index (χ2n) is 6.69. The number of anilines is 1. The average molecular weight is 400 g/mol. The van der Waals surface area contributed by atoms with Crippen LogP contribution in [0.3, 0.4) is 0 Å². The Balaban J connectivity index is 1.77. The summed E-state index contributed by atoms with van der Waals surface area (Å²) < 4.78 is 37.9. The van der Waals surface area contributed by atoms with Crippen molar-refractivity contribution in [1.82, 2.24) is 14.8 Å². The maximum Gasteiger partial charge on any atom is 0.417 e. The van der Waals surface area contributed by atoms with Gasteiger partial charge in [-0.25, -0.2) is 4.98 Å². The van der Waals surface area contributed by atoms with Crippen LogP contribution in [0.5, 0.6) is 0 Å². The third-order valence-corrected chi connectivity index (χ3v) is 4.93. The Hall–Kier alpha value is -2.32. The van der Waals surface area contributed by atoms with Gasteiger partial charge in [-0.1, -0.05) is 0 Å². The van der Waals surface area contributed by atoms with E-state index in [4.69, 9.17) is 0 Å². The van der Waals surface area contributed by atoms with Crippen molar-refractivity contribution in [3.05, 3.63) is 23.9 Å². The average Bonchev–Trinajstić information content (AvgIpc) is 2.68. The van der Waals surface area contributed by atoms with Crippen molar-refractivity contribution in [2.24, 2.45) is 0 Å². The predicted octanol–water partition coefficient (Wildman–Crippen LogP) is 2.79. The van der Waals surface area contributed by atoms with Gasteiger partial charge < -0.3 is 14.7 Å². The van der Waals surface area contributed by atoms with E-state index in [1.165, 1.54) is 6.07 Å². The summed E-state index contributed by atoms with van der Waals surface area (Å²) in [4.78, 5) is 33.6. The van der Waals surface area contributed by atoms with Crippen LogP contribution in [0.4, 0.5) is 19.0 Å². The number of hydrogen-bond acceptors (Lipinski definition) is 4. The molecule has 2 heterocycles. The van der Waals surface area contributed by atoms with Crippen LogP contribution in [0.25, 0.3) is 0 Å². The van der Waals surface area contributed by atoms with Gasteiger partial charge in [0.25, 0.3) is 0 Å². The largest absolute Gasteiger partial charge is 0.417 e. The molecule has 156 valence electrons. The summed E-state index contributed by atoms with van der Waals surface area (Å²) in [6.07, 6.45) is -2.35. The molecule has 1 aliphatic rings. The van der Waals surface area contributed by atoms with Crippen LogP contribution in [0, 0.1) is 0 Å². The first-order valence-electron chi connectivity index (χ1n) is 9.60. The van der Waals surface area contributed by atoms with Crippen molar-refractivity contribution in [1.29, 1.82) is 0 Å². The van der Waals surface area contributed by atoms with Crippen LogP contribution in [-0.2, 0) is 15.8 Å². The van der Waals surface area contributed by atoms with E-state index in [-0.39, 0.29) is 11.8 Å². The fourth-order valence-electron chi connectivity index (χ4n) is 3.21. The Morgan fingerprint density at radius 3 is 2.21 bits per heavy atom. The van der Waals surface area contributed by atoms with Crippen molar-refractivity contribution < 1.29 is 22.8 Å². The molecule has 0 spiro atoms. The van der Waals surface area contributed by atoms with Gasteiger partial charge in [0.05, 0.1) is 5.56 Å². The van der Waals surface area contributed by atoms with E-state index in [0.717, 1.165) is 12.3 Å². The van der Waals surface area contributed by atoms with Gasteiger partial charge in [-0.3, -0.25) is 9.59 Å². The van der Waals surface area contributed by atoms with E-state index < -0.39 is 11.7 Å². The molecule has 28 heavy (non-hydrogen) atoms. The SMILES string of the molecule is CCN(CC)C(=O)CCCC(=O)N1CCN(c2ccc(C(F)(F)F)cn2)CC1. The lowest BCUT2D eigenvalue weighted by atomic mass is 10.2. The van der Waals surface area contributed by atoms with E-state index in [2.05, 4.69) is 4.98 Å². The lowest BCUT2D eigenvalue weighted by Gasteiger charge is -2.35. The van der Waals surface area contributed by atoms with E-state index >= 15 is 0 Å². The molecule has 6 nitrogen and oxygen atoms in total. The molecule has 0 aromatic carbocycles. The smallest absolute Gasteiger partial charge is 0.353 e. The first kappa shape index (κ1) is 22.0. The standard InChI is InChI=1S/C19H27F3N4O2/c1-3-24(4-2)17(27)6-5-7-18(28)26-12-10-25(11-13-26)16-9-8-15(14-23-16)19(20,21)22/h8-9,14H,3-7,10-13H2,1-2H3. The fourth-order valence-corrected chi connectivity index (χ4v) is 3.21. The zero-order valence-corrected chi connectivity index (χ0v) is 16.3. The van der Waals surface area contributed by atoms with Crippen molar-refractivity contribution in [2.75, 3.05) is 44.2 Å². The predicted molar refractivity (Wildman–Crippen MR) is 99.8 cm³/mol. The highest BCUT2D eigenvalue weighted by atomic mass is 19.4. The van der Waals surface area contributed by atoms with Crippen LogP contribution in [0.2, 0.25) is 0 Å². The molecule has 9 heteroatoms. The minimum atomic E-state index is -4.40. The molecule has 1 aromatic heterocycles. The van der Waals surface area contributed by atoms with Gasteiger partial charge in [-0.2, -0.15) is 13.2 Å². The molecule has 0 saturated carbocycles. The maximum atomic E-state index is 12.6. The molecular formula is C19H27F3N4O2. The van der Waals surface area contributed by atoms with Crippen molar-refractivity contribution >= 4 is 17.6 Å². The molecule has 1 aromatic rings. The number of alkyl halides is 3. The van der Waals surface area contributed by atoms with Gasteiger partial charge in [0.2, 0.25) is 11.8 Å². The summed E-state index contributed by atoms with van der Waals surface area (Å²) in [6, 6.07) is 2.38. The molecule has 0 aliphatic carbocycles. The number of piperazine rings is 1. The highest BCUT2D eigenvalue weighted by Gasteiger charge is 2.31. The van der Waals surface area contributed by atoms with Gasteiger partial charge in [-0.05, 0) is 32.4 Å². The van der Waals surface area contributed by atoms with Crippen molar-refractivity contribution in [2.45, 2.75) is 39.3 Å². The summed E-state index contributed by atoms with van der Waals surface area (Å²) in [5.74, 6) is 0.549. The Labute approximate surface area is 163 Å². The zero-order valence-electron chi connectivity index (χ0n) is 16.3. The van der Waals surface area contributed by atoms with Gasteiger partial charge in [-0.15, -0.1) is 0 Å². The number of carbonyl (C=O) groups is 2. The van der Waals surface area contributed by atoms with Crippen molar-refractivity contribution in [3.8, 4) is 0 Å². The topological polar surface area (TPSA) is 56.8 Å². The molecular weight excluding hydrogens is 373 g/mol. The molecule has 0 atom stereocenters. The summed E-state index contributed by atoms with van der Waals surface area (Å²) in [5, 5.41) is 0. The highest BCUT2D eigenvalue weighted by Crippen LogP contribution is 2.29. The summed E-state index contributed by atoms with van der Waals surface area (Å²) in [5.41, 5.74) is -0.774. The third-order valence-electron chi connectivity index (χ3n) is 4.93.